The number of aromatic nitrogens is 3. The van der Waals surface area contributed by atoms with Crippen LogP contribution in [0.5, 0.6) is 0 Å². The van der Waals surface area contributed by atoms with Gasteiger partial charge in [-0.3, -0.25) is 10.1 Å². The van der Waals surface area contributed by atoms with Gasteiger partial charge in [-0.2, -0.15) is 5.10 Å². The Balaban J connectivity index is 1.76. The van der Waals surface area contributed by atoms with Gasteiger partial charge in [0.15, 0.2) is 5.65 Å². The zero-order chi connectivity index (χ0) is 22.8. The molecule has 0 fully saturated rings. The Bertz CT molecular complexity index is 1280. The molecule has 32 heavy (non-hydrogen) atoms. The van der Waals surface area contributed by atoms with Crippen LogP contribution in [0.1, 0.15) is 29.1 Å². The predicted molar refractivity (Wildman–Crippen MR) is 126 cm³/mol. The molecule has 4 aromatic rings. The Labute approximate surface area is 189 Å². The van der Waals surface area contributed by atoms with Crippen LogP contribution < -0.4 is 10.2 Å². The lowest BCUT2D eigenvalue weighted by Gasteiger charge is -2.19. The Hall–Kier alpha value is -3.72. The lowest BCUT2D eigenvalue weighted by Crippen LogP contribution is -2.20. The van der Waals surface area contributed by atoms with Crippen molar-refractivity contribution in [2.75, 3.05) is 24.3 Å². The SMILES string of the molecule is CC(C)OC(=O)Nc1cc(-c2ccnc3c(C(=O)c4cccs4)cnn23)ccc1N(C)C. The molecule has 3 heterocycles. The summed E-state index contributed by atoms with van der Waals surface area (Å²) >= 11 is 1.38. The van der Waals surface area contributed by atoms with E-state index in [4.69, 9.17) is 4.74 Å². The summed E-state index contributed by atoms with van der Waals surface area (Å²) in [6.45, 7) is 3.59. The standard InChI is InChI=1S/C23H23N5O3S/c1-14(2)31-23(30)26-17-12-15(7-8-19(17)27(3)4)18-9-10-24-22-16(13-25-28(18)22)21(29)20-6-5-11-32-20/h5-14H,1-4H3,(H,26,30). The van der Waals surface area contributed by atoms with Gasteiger partial charge in [0.1, 0.15) is 0 Å². The number of hydrogen-bond acceptors (Lipinski definition) is 7. The van der Waals surface area contributed by atoms with Gasteiger partial charge >= 0.3 is 6.09 Å². The fraction of sp³-hybridized carbons (Fsp3) is 0.217. The molecular formula is C23H23N5O3S. The van der Waals surface area contributed by atoms with Crippen molar-refractivity contribution in [2.45, 2.75) is 20.0 Å². The molecule has 0 unspecified atom stereocenters. The molecule has 8 nitrogen and oxygen atoms in total. The average molecular weight is 450 g/mol. The normalized spacial score (nSPS) is 11.0. The zero-order valence-corrected chi connectivity index (χ0v) is 19.0. The summed E-state index contributed by atoms with van der Waals surface area (Å²) in [6.07, 6.45) is 2.44. The van der Waals surface area contributed by atoms with Crippen molar-refractivity contribution in [3.8, 4) is 11.3 Å². The van der Waals surface area contributed by atoms with Gasteiger partial charge in [-0.1, -0.05) is 12.1 Å². The Morgan fingerprint density at radius 1 is 1.19 bits per heavy atom. The molecule has 0 aliphatic carbocycles. The first-order chi connectivity index (χ1) is 15.3. The number of thiophene rings is 1. The third-order valence-electron chi connectivity index (χ3n) is 4.74. The van der Waals surface area contributed by atoms with Gasteiger partial charge in [-0.05, 0) is 43.5 Å². The maximum atomic E-state index is 12.9. The van der Waals surface area contributed by atoms with E-state index in [1.165, 1.54) is 11.3 Å². The molecule has 3 aromatic heterocycles. The number of amides is 1. The van der Waals surface area contributed by atoms with E-state index >= 15 is 0 Å². The highest BCUT2D eigenvalue weighted by Gasteiger charge is 2.19. The molecule has 0 aliphatic rings. The summed E-state index contributed by atoms with van der Waals surface area (Å²) in [5.74, 6) is -0.110. The van der Waals surface area contributed by atoms with Crippen molar-refractivity contribution in [3.63, 3.8) is 0 Å². The minimum absolute atomic E-state index is 0.110. The Morgan fingerprint density at radius 3 is 2.69 bits per heavy atom. The predicted octanol–water partition coefficient (Wildman–Crippen LogP) is 4.71. The van der Waals surface area contributed by atoms with Crippen molar-refractivity contribution >= 4 is 40.2 Å². The molecule has 4 rings (SSSR count). The van der Waals surface area contributed by atoms with Crippen molar-refractivity contribution in [2.24, 2.45) is 0 Å². The number of nitrogens with zero attached hydrogens (tertiary/aromatic N) is 4. The van der Waals surface area contributed by atoms with E-state index in [-0.39, 0.29) is 11.9 Å². The van der Waals surface area contributed by atoms with E-state index in [2.05, 4.69) is 15.4 Å². The first-order valence-corrected chi connectivity index (χ1v) is 10.9. The average Bonchev–Trinajstić information content (AvgIpc) is 3.42. The number of ketones is 1. The lowest BCUT2D eigenvalue weighted by molar-refractivity contribution is 0.104. The molecule has 0 atom stereocenters. The monoisotopic (exact) mass is 449 g/mol. The summed E-state index contributed by atoms with van der Waals surface area (Å²) in [7, 11) is 3.79. The topological polar surface area (TPSA) is 88.8 Å². The fourth-order valence-corrected chi connectivity index (χ4v) is 4.03. The second-order valence-corrected chi connectivity index (χ2v) is 8.58. The first kappa shape index (κ1) is 21.5. The number of benzene rings is 1. The molecule has 164 valence electrons. The molecule has 0 aliphatic heterocycles. The molecule has 0 bridgehead atoms. The van der Waals surface area contributed by atoms with Crippen molar-refractivity contribution < 1.29 is 14.3 Å². The molecule has 1 amide bonds. The summed E-state index contributed by atoms with van der Waals surface area (Å²) < 4.78 is 6.88. The second kappa shape index (κ2) is 8.80. The minimum atomic E-state index is -0.525. The maximum absolute atomic E-state index is 12.9. The van der Waals surface area contributed by atoms with E-state index < -0.39 is 6.09 Å². The Morgan fingerprint density at radius 2 is 2.00 bits per heavy atom. The summed E-state index contributed by atoms with van der Waals surface area (Å²) in [6, 6.07) is 11.1. The second-order valence-electron chi connectivity index (χ2n) is 7.64. The summed E-state index contributed by atoms with van der Waals surface area (Å²) in [5.41, 5.74) is 3.90. The van der Waals surface area contributed by atoms with Gasteiger partial charge in [-0.25, -0.2) is 14.3 Å². The molecule has 1 aromatic carbocycles. The van der Waals surface area contributed by atoms with E-state index in [0.717, 1.165) is 16.9 Å². The van der Waals surface area contributed by atoms with Crippen LogP contribution in [0.25, 0.3) is 16.9 Å². The molecule has 0 radical (unpaired) electrons. The van der Waals surface area contributed by atoms with Crippen molar-refractivity contribution in [3.05, 3.63) is 64.6 Å². The van der Waals surface area contributed by atoms with Crippen LogP contribution in [-0.4, -0.2) is 46.7 Å². The van der Waals surface area contributed by atoms with Crippen LogP contribution >= 0.6 is 11.3 Å². The van der Waals surface area contributed by atoms with E-state index in [1.807, 2.05) is 54.7 Å². The van der Waals surface area contributed by atoms with Crippen molar-refractivity contribution in [1.29, 1.82) is 0 Å². The van der Waals surface area contributed by atoms with Crippen LogP contribution in [0, 0.1) is 0 Å². The number of anilines is 2. The van der Waals surface area contributed by atoms with Gasteiger partial charge in [0.25, 0.3) is 0 Å². The fourth-order valence-electron chi connectivity index (χ4n) is 3.35. The molecule has 9 heteroatoms. The number of carbonyl (C=O) groups is 2. The smallest absolute Gasteiger partial charge is 0.411 e. The van der Waals surface area contributed by atoms with Crippen LogP contribution in [0.2, 0.25) is 0 Å². The summed E-state index contributed by atoms with van der Waals surface area (Å²) in [4.78, 5) is 32.0. The molecule has 0 saturated carbocycles. The van der Waals surface area contributed by atoms with Crippen LogP contribution in [0.3, 0.4) is 0 Å². The number of fused-ring (bicyclic) bond motifs is 1. The van der Waals surface area contributed by atoms with Crippen LogP contribution in [0.4, 0.5) is 16.2 Å². The highest BCUT2D eigenvalue weighted by Crippen LogP contribution is 2.31. The molecule has 1 N–H and O–H groups in total. The van der Waals surface area contributed by atoms with Crippen LogP contribution in [0.15, 0.2) is 54.2 Å². The molecule has 0 saturated heterocycles. The van der Waals surface area contributed by atoms with E-state index in [9.17, 15) is 9.59 Å². The van der Waals surface area contributed by atoms with E-state index in [1.54, 1.807) is 36.8 Å². The number of ether oxygens (including phenoxy) is 1. The zero-order valence-electron chi connectivity index (χ0n) is 18.2. The van der Waals surface area contributed by atoms with Gasteiger partial charge in [-0.15, -0.1) is 11.3 Å². The van der Waals surface area contributed by atoms with Crippen LogP contribution in [-0.2, 0) is 4.74 Å². The Kier molecular flexibility index (Phi) is 5.91. The maximum Gasteiger partial charge on any atom is 0.411 e. The number of hydrogen-bond donors (Lipinski definition) is 1. The molecule has 0 spiro atoms. The third-order valence-corrected chi connectivity index (χ3v) is 5.61. The van der Waals surface area contributed by atoms with Gasteiger partial charge in [0, 0.05) is 25.9 Å². The molecular weight excluding hydrogens is 426 g/mol. The largest absolute Gasteiger partial charge is 0.447 e. The number of carbonyl (C=O) groups excluding carboxylic acids is 2. The van der Waals surface area contributed by atoms with Gasteiger partial charge in [0.2, 0.25) is 5.78 Å². The lowest BCUT2D eigenvalue weighted by atomic mass is 10.1. The van der Waals surface area contributed by atoms with E-state index in [0.29, 0.717) is 21.8 Å². The number of nitrogens with one attached hydrogen (secondary N) is 1. The first-order valence-electron chi connectivity index (χ1n) is 10.1. The van der Waals surface area contributed by atoms with Crippen molar-refractivity contribution in [1.82, 2.24) is 14.6 Å². The number of rotatable bonds is 6. The van der Waals surface area contributed by atoms with Gasteiger partial charge < -0.3 is 9.64 Å². The minimum Gasteiger partial charge on any atom is -0.447 e. The highest BCUT2D eigenvalue weighted by molar-refractivity contribution is 7.12. The summed E-state index contributed by atoms with van der Waals surface area (Å²) in [5, 5.41) is 9.12. The highest BCUT2D eigenvalue weighted by atomic mass is 32.1. The van der Waals surface area contributed by atoms with Gasteiger partial charge in [0.05, 0.1) is 39.8 Å². The quantitative estimate of drug-likeness (QED) is 0.429. The third kappa shape index (κ3) is 4.19.